The van der Waals surface area contributed by atoms with E-state index in [0.717, 1.165) is 5.56 Å². The molecular weight excluding hydrogens is 305 g/mol. The van der Waals surface area contributed by atoms with Gasteiger partial charge in [0.25, 0.3) is 0 Å². The van der Waals surface area contributed by atoms with Crippen molar-refractivity contribution in [2.75, 3.05) is 31.8 Å². The molecule has 1 aromatic heterocycles. The largest absolute Gasteiger partial charge is 0.383 e. The van der Waals surface area contributed by atoms with Gasteiger partial charge in [-0.05, 0) is 25.7 Å². The Hall–Kier alpha value is -1.92. The molecular formula is C15H19ClFN5. The first-order valence-corrected chi connectivity index (χ1v) is 7.23. The Morgan fingerprint density at radius 2 is 2.05 bits per heavy atom. The number of rotatable bonds is 6. The fourth-order valence-corrected chi connectivity index (χ4v) is 2.30. The Morgan fingerprint density at radius 1 is 1.27 bits per heavy atom. The highest BCUT2D eigenvalue weighted by atomic mass is 35.5. The molecule has 0 radical (unpaired) electrons. The van der Waals surface area contributed by atoms with E-state index in [1.54, 1.807) is 13.1 Å². The third-order valence-electron chi connectivity index (χ3n) is 3.12. The molecule has 0 spiro atoms. The van der Waals surface area contributed by atoms with Crippen LogP contribution in [0.25, 0.3) is 0 Å². The van der Waals surface area contributed by atoms with Crippen LogP contribution in [0.1, 0.15) is 11.1 Å². The summed E-state index contributed by atoms with van der Waals surface area (Å²) in [5.41, 5.74) is 2.13. The minimum Gasteiger partial charge on any atom is -0.383 e. The highest BCUT2D eigenvalue weighted by Gasteiger charge is 2.09. The molecule has 118 valence electrons. The lowest BCUT2D eigenvalue weighted by Crippen LogP contribution is -2.12. The van der Waals surface area contributed by atoms with Crippen LogP contribution in [0.5, 0.6) is 0 Å². The van der Waals surface area contributed by atoms with Crippen molar-refractivity contribution < 1.29 is 4.39 Å². The van der Waals surface area contributed by atoms with Crippen LogP contribution in [0.3, 0.4) is 0 Å². The molecule has 0 aliphatic carbocycles. The molecule has 0 bridgehead atoms. The molecule has 1 aromatic carbocycles. The van der Waals surface area contributed by atoms with Crippen LogP contribution in [0.2, 0.25) is 5.15 Å². The fraction of sp³-hybridized carbons (Fsp3) is 0.333. The average Bonchev–Trinajstić information content (AvgIpc) is 2.47. The molecule has 0 fully saturated rings. The maximum atomic E-state index is 14.0. The maximum absolute atomic E-state index is 14.0. The molecule has 0 saturated heterocycles. The predicted octanol–water partition coefficient (Wildman–Crippen LogP) is 2.98. The van der Waals surface area contributed by atoms with Crippen LogP contribution < -0.4 is 10.6 Å². The summed E-state index contributed by atoms with van der Waals surface area (Å²) in [6.07, 6.45) is 1.38. The van der Waals surface area contributed by atoms with E-state index in [2.05, 4.69) is 20.6 Å². The first-order chi connectivity index (χ1) is 10.5. The van der Waals surface area contributed by atoms with Gasteiger partial charge in [0, 0.05) is 25.7 Å². The van der Waals surface area contributed by atoms with E-state index >= 15 is 0 Å². The van der Waals surface area contributed by atoms with Crippen molar-refractivity contribution in [1.82, 2.24) is 14.9 Å². The standard InChI is InChI=1S/C15H19ClFN5/c1-18-13-14(16)20-9-21-15(13)19-7-10-4-5-11(8-22(2)3)12(17)6-10/h4-6,9,18H,7-8H2,1-3H3,(H,19,20,21). The van der Waals surface area contributed by atoms with Gasteiger partial charge < -0.3 is 15.5 Å². The SMILES string of the molecule is CNc1c(Cl)ncnc1NCc1ccc(CN(C)C)c(F)c1. The van der Waals surface area contributed by atoms with E-state index in [9.17, 15) is 4.39 Å². The zero-order chi connectivity index (χ0) is 16.1. The van der Waals surface area contributed by atoms with Crippen LogP contribution >= 0.6 is 11.6 Å². The van der Waals surface area contributed by atoms with E-state index < -0.39 is 0 Å². The van der Waals surface area contributed by atoms with Gasteiger partial charge in [-0.25, -0.2) is 14.4 Å². The van der Waals surface area contributed by atoms with Crippen LogP contribution in [0.4, 0.5) is 15.9 Å². The van der Waals surface area contributed by atoms with Crippen LogP contribution in [0, 0.1) is 5.82 Å². The second-order valence-corrected chi connectivity index (χ2v) is 5.51. The number of benzene rings is 1. The Kier molecular flexibility index (Phi) is 5.51. The third kappa shape index (κ3) is 4.05. The summed E-state index contributed by atoms with van der Waals surface area (Å²) in [4.78, 5) is 9.97. The minimum atomic E-state index is -0.206. The quantitative estimate of drug-likeness (QED) is 0.800. The zero-order valence-electron chi connectivity index (χ0n) is 12.8. The summed E-state index contributed by atoms with van der Waals surface area (Å²) in [6, 6.07) is 5.24. The van der Waals surface area contributed by atoms with Gasteiger partial charge in [-0.2, -0.15) is 0 Å². The number of aromatic nitrogens is 2. The molecule has 5 nitrogen and oxygen atoms in total. The maximum Gasteiger partial charge on any atom is 0.157 e. The normalized spacial score (nSPS) is 10.8. The van der Waals surface area contributed by atoms with Crippen molar-refractivity contribution in [3.63, 3.8) is 0 Å². The molecule has 0 aliphatic heterocycles. The Labute approximate surface area is 134 Å². The Morgan fingerprint density at radius 3 is 2.68 bits per heavy atom. The van der Waals surface area contributed by atoms with Gasteiger partial charge in [0.05, 0.1) is 0 Å². The van der Waals surface area contributed by atoms with E-state index in [-0.39, 0.29) is 5.82 Å². The summed E-state index contributed by atoms with van der Waals surface area (Å²) in [5, 5.41) is 6.42. The van der Waals surface area contributed by atoms with Crippen LogP contribution in [-0.2, 0) is 13.1 Å². The lowest BCUT2D eigenvalue weighted by atomic mass is 10.1. The lowest BCUT2D eigenvalue weighted by Gasteiger charge is -2.13. The average molecular weight is 324 g/mol. The van der Waals surface area contributed by atoms with E-state index in [0.29, 0.717) is 35.3 Å². The molecule has 0 atom stereocenters. The number of anilines is 2. The molecule has 22 heavy (non-hydrogen) atoms. The van der Waals surface area contributed by atoms with E-state index in [4.69, 9.17) is 11.6 Å². The summed E-state index contributed by atoms with van der Waals surface area (Å²) >= 11 is 5.99. The number of hydrogen-bond acceptors (Lipinski definition) is 5. The summed E-state index contributed by atoms with van der Waals surface area (Å²) in [5.74, 6) is 0.378. The predicted molar refractivity (Wildman–Crippen MR) is 87.7 cm³/mol. The molecule has 0 amide bonds. The van der Waals surface area contributed by atoms with Crippen LogP contribution in [0.15, 0.2) is 24.5 Å². The monoisotopic (exact) mass is 323 g/mol. The molecule has 0 aliphatic rings. The summed E-state index contributed by atoms with van der Waals surface area (Å²) < 4.78 is 14.0. The molecule has 2 rings (SSSR count). The Balaban J connectivity index is 2.09. The number of nitrogens with one attached hydrogen (secondary N) is 2. The van der Waals surface area contributed by atoms with Crippen molar-refractivity contribution in [2.24, 2.45) is 0 Å². The molecule has 0 unspecified atom stereocenters. The molecule has 0 saturated carbocycles. The molecule has 2 N–H and O–H groups in total. The first kappa shape index (κ1) is 16.5. The lowest BCUT2D eigenvalue weighted by molar-refractivity contribution is 0.392. The van der Waals surface area contributed by atoms with E-state index in [1.165, 1.54) is 12.4 Å². The zero-order valence-corrected chi connectivity index (χ0v) is 13.6. The Bertz CT molecular complexity index is 648. The number of halogens is 2. The van der Waals surface area contributed by atoms with Gasteiger partial charge >= 0.3 is 0 Å². The topological polar surface area (TPSA) is 53.1 Å². The molecule has 1 heterocycles. The molecule has 2 aromatic rings. The second kappa shape index (κ2) is 7.38. The van der Waals surface area contributed by atoms with Gasteiger partial charge in [-0.1, -0.05) is 23.7 Å². The van der Waals surface area contributed by atoms with Gasteiger partial charge in [0.2, 0.25) is 0 Å². The fourth-order valence-electron chi connectivity index (χ4n) is 2.08. The van der Waals surface area contributed by atoms with Crippen molar-refractivity contribution in [3.8, 4) is 0 Å². The van der Waals surface area contributed by atoms with Crippen molar-refractivity contribution in [2.45, 2.75) is 13.1 Å². The van der Waals surface area contributed by atoms with E-state index in [1.807, 2.05) is 25.1 Å². The van der Waals surface area contributed by atoms with Crippen molar-refractivity contribution in [1.29, 1.82) is 0 Å². The second-order valence-electron chi connectivity index (χ2n) is 5.16. The van der Waals surface area contributed by atoms with Crippen molar-refractivity contribution in [3.05, 3.63) is 46.6 Å². The van der Waals surface area contributed by atoms with Gasteiger partial charge in [0.1, 0.15) is 17.8 Å². The van der Waals surface area contributed by atoms with Gasteiger partial charge in [-0.15, -0.1) is 0 Å². The highest BCUT2D eigenvalue weighted by molar-refractivity contribution is 6.32. The first-order valence-electron chi connectivity index (χ1n) is 6.85. The minimum absolute atomic E-state index is 0.206. The highest BCUT2D eigenvalue weighted by Crippen LogP contribution is 2.25. The smallest absolute Gasteiger partial charge is 0.157 e. The summed E-state index contributed by atoms with van der Waals surface area (Å²) in [6.45, 7) is 1.02. The molecule has 7 heteroatoms. The third-order valence-corrected chi connectivity index (χ3v) is 3.40. The van der Waals surface area contributed by atoms with Gasteiger partial charge in [0.15, 0.2) is 11.0 Å². The number of hydrogen-bond donors (Lipinski definition) is 2. The van der Waals surface area contributed by atoms with Crippen molar-refractivity contribution >= 4 is 23.1 Å². The number of nitrogens with zero attached hydrogens (tertiary/aromatic N) is 3. The van der Waals surface area contributed by atoms with Gasteiger partial charge in [-0.3, -0.25) is 0 Å². The van der Waals surface area contributed by atoms with Crippen LogP contribution in [-0.4, -0.2) is 36.0 Å². The summed E-state index contributed by atoms with van der Waals surface area (Å²) in [7, 11) is 5.56.